The van der Waals surface area contributed by atoms with Crippen molar-refractivity contribution in [3.05, 3.63) is 38.7 Å². The molecule has 20 heavy (non-hydrogen) atoms. The topological polar surface area (TPSA) is 39.1 Å². The molecule has 0 aliphatic rings. The van der Waals surface area contributed by atoms with Crippen molar-refractivity contribution in [1.82, 2.24) is 9.55 Å². The maximum Gasteiger partial charge on any atom is 0.208 e. The van der Waals surface area contributed by atoms with Gasteiger partial charge in [-0.1, -0.05) is 11.6 Å². The number of nitrogens with one attached hydrogen (secondary N) is 1. The molecule has 1 aromatic heterocycles. The van der Waals surface area contributed by atoms with Crippen molar-refractivity contribution in [2.75, 3.05) is 19.0 Å². The summed E-state index contributed by atoms with van der Waals surface area (Å²) in [6, 6.07) is 6.01. The molecule has 1 aromatic carbocycles. The minimum atomic E-state index is 0.186. The molecule has 0 saturated heterocycles. The van der Waals surface area contributed by atoms with E-state index in [0.717, 1.165) is 25.9 Å². The molecule has 0 fully saturated rings. The van der Waals surface area contributed by atoms with Crippen LogP contribution in [0.4, 0.5) is 5.95 Å². The van der Waals surface area contributed by atoms with E-state index in [1.165, 1.54) is 0 Å². The van der Waals surface area contributed by atoms with Crippen molar-refractivity contribution in [3.8, 4) is 5.69 Å². The minimum Gasteiger partial charge on any atom is -0.383 e. The fourth-order valence-corrected chi connectivity index (χ4v) is 3.10. The van der Waals surface area contributed by atoms with E-state index in [4.69, 9.17) is 16.3 Å². The van der Waals surface area contributed by atoms with Crippen LogP contribution < -0.4 is 5.32 Å². The van der Waals surface area contributed by atoms with Crippen molar-refractivity contribution in [2.24, 2.45) is 0 Å². The second kappa shape index (κ2) is 6.78. The van der Waals surface area contributed by atoms with Gasteiger partial charge in [0.25, 0.3) is 0 Å². The molecule has 1 unspecified atom stereocenters. The summed E-state index contributed by atoms with van der Waals surface area (Å²) < 4.78 is 8.27. The highest BCUT2D eigenvalue weighted by atomic mass is 127. The van der Waals surface area contributed by atoms with Crippen molar-refractivity contribution in [1.29, 1.82) is 0 Å². The van der Waals surface area contributed by atoms with Crippen molar-refractivity contribution in [2.45, 2.75) is 19.9 Å². The lowest BCUT2D eigenvalue weighted by atomic mass is 10.3. The third kappa shape index (κ3) is 3.65. The Morgan fingerprint density at radius 1 is 1.50 bits per heavy atom. The summed E-state index contributed by atoms with van der Waals surface area (Å²) in [5.41, 5.74) is 2.02. The van der Waals surface area contributed by atoms with E-state index >= 15 is 0 Å². The number of aryl methyl sites for hydroxylation is 1. The van der Waals surface area contributed by atoms with Crippen LogP contribution in [0.1, 0.15) is 12.6 Å². The molecule has 1 atom stereocenters. The Morgan fingerprint density at radius 3 is 2.90 bits per heavy atom. The number of hydrogen-bond acceptors (Lipinski definition) is 3. The van der Waals surface area contributed by atoms with Gasteiger partial charge in [-0.15, -0.1) is 0 Å². The fraction of sp³-hybridized carbons (Fsp3) is 0.357. The number of methoxy groups -OCH3 is 1. The predicted molar refractivity (Wildman–Crippen MR) is 91.0 cm³/mol. The van der Waals surface area contributed by atoms with Gasteiger partial charge in [0.2, 0.25) is 5.95 Å². The maximum atomic E-state index is 6.01. The highest BCUT2D eigenvalue weighted by molar-refractivity contribution is 14.1. The monoisotopic (exact) mass is 405 g/mol. The molecule has 6 heteroatoms. The first-order valence-electron chi connectivity index (χ1n) is 6.28. The van der Waals surface area contributed by atoms with E-state index in [-0.39, 0.29) is 6.04 Å². The smallest absolute Gasteiger partial charge is 0.208 e. The summed E-state index contributed by atoms with van der Waals surface area (Å²) >= 11 is 8.29. The van der Waals surface area contributed by atoms with Crippen LogP contribution in [-0.4, -0.2) is 29.3 Å². The molecule has 2 rings (SSSR count). The summed E-state index contributed by atoms with van der Waals surface area (Å²) in [7, 11) is 1.69. The Morgan fingerprint density at radius 2 is 2.25 bits per heavy atom. The van der Waals surface area contributed by atoms with E-state index in [9.17, 15) is 0 Å². The van der Waals surface area contributed by atoms with Crippen LogP contribution in [0.15, 0.2) is 24.4 Å². The second-order valence-corrected chi connectivity index (χ2v) is 6.27. The van der Waals surface area contributed by atoms with Crippen molar-refractivity contribution < 1.29 is 4.74 Å². The van der Waals surface area contributed by atoms with Crippen LogP contribution in [0.25, 0.3) is 5.69 Å². The van der Waals surface area contributed by atoms with Gasteiger partial charge in [0.15, 0.2) is 0 Å². The zero-order chi connectivity index (χ0) is 14.7. The molecular weight excluding hydrogens is 389 g/mol. The molecule has 1 heterocycles. The molecular formula is C14H17ClIN3O. The van der Waals surface area contributed by atoms with Crippen LogP contribution in [0.2, 0.25) is 5.02 Å². The first-order chi connectivity index (χ1) is 9.51. The Hall–Kier alpha value is -0.790. The maximum absolute atomic E-state index is 6.01. The number of aromatic nitrogens is 2. The van der Waals surface area contributed by atoms with Crippen LogP contribution in [0.5, 0.6) is 0 Å². The summed E-state index contributed by atoms with van der Waals surface area (Å²) in [5.74, 6) is 0.812. The molecule has 0 radical (unpaired) electrons. The average molecular weight is 406 g/mol. The lowest BCUT2D eigenvalue weighted by Gasteiger charge is -2.16. The highest BCUT2D eigenvalue weighted by Gasteiger charge is 2.12. The normalized spacial score (nSPS) is 12.4. The summed E-state index contributed by atoms with van der Waals surface area (Å²) in [6.07, 6.45) is 2.01. The number of anilines is 1. The first kappa shape index (κ1) is 15.6. The van der Waals surface area contributed by atoms with Crippen molar-refractivity contribution in [3.63, 3.8) is 0 Å². The number of imidazole rings is 1. The summed E-state index contributed by atoms with van der Waals surface area (Å²) in [6.45, 7) is 4.67. The van der Waals surface area contributed by atoms with Crippen molar-refractivity contribution >= 4 is 40.1 Å². The molecule has 0 bridgehead atoms. The van der Waals surface area contributed by atoms with Crippen LogP contribution in [0.3, 0.4) is 0 Å². The number of nitrogens with zero attached hydrogens (tertiary/aromatic N) is 2. The summed E-state index contributed by atoms with van der Waals surface area (Å²) in [4.78, 5) is 4.53. The number of ether oxygens (including phenoxy) is 1. The van der Waals surface area contributed by atoms with E-state index in [2.05, 4.69) is 39.8 Å². The molecule has 1 N–H and O–H groups in total. The van der Waals surface area contributed by atoms with E-state index in [0.29, 0.717) is 6.61 Å². The molecule has 4 nitrogen and oxygen atoms in total. The Bertz CT molecular complexity index is 600. The molecule has 0 aliphatic carbocycles. The van der Waals surface area contributed by atoms with E-state index in [1.807, 2.05) is 35.9 Å². The Balaban J connectivity index is 2.36. The van der Waals surface area contributed by atoms with E-state index < -0.39 is 0 Å². The first-order valence-corrected chi connectivity index (χ1v) is 7.74. The third-order valence-corrected chi connectivity index (χ3v) is 3.89. The lowest BCUT2D eigenvalue weighted by molar-refractivity contribution is 0.190. The van der Waals surface area contributed by atoms with Gasteiger partial charge in [-0.3, -0.25) is 4.57 Å². The van der Waals surface area contributed by atoms with Gasteiger partial charge < -0.3 is 10.1 Å². The van der Waals surface area contributed by atoms with Gasteiger partial charge in [0.05, 0.1) is 18.0 Å². The Labute approximate surface area is 137 Å². The second-order valence-electron chi connectivity index (χ2n) is 4.67. The molecule has 108 valence electrons. The molecule has 0 saturated carbocycles. The molecule has 0 amide bonds. The average Bonchev–Trinajstić information content (AvgIpc) is 2.70. The number of rotatable bonds is 5. The fourth-order valence-electron chi connectivity index (χ4n) is 1.97. The van der Waals surface area contributed by atoms with Crippen LogP contribution in [-0.2, 0) is 4.74 Å². The SMILES string of the molecule is COCC(C)Nc1nc(C)cn1-c1ccc(Cl)cc1I. The zero-order valence-corrected chi connectivity index (χ0v) is 14.6. The third-order valence-electron chi connectivity index (χ3n) is 2.79. The minimum absolute atomic E-state index is 0.186. The van der Waals surface area contributed by atoms with Gasteiger partial charge in [0, 0.05) is 27.9 Å². The standard InChI is InChI=1S/C14H17ClIN3O/c1-9-7-19(13-5-4-11(15)6-12(13)16)14(17-9)18-10(2)8-20-3/h4-7,10H,8H2,1-3H3,(H,17,18). The summed E-state index contributed by atoms with van der Waals surface area (Å²) in [5, 5.41) is 4.10. The highest BCUT2D eigenvalue weighted by Crippen LogP contribution is 2.25. The lowest BCUT2D eigenvalue weighted by Crippen LogP contribution is -2.23. The molecule has 0 aliphatic heterocycles. The van der Waals surface area contributed by atoms with Crippen LogP contribution in [0, 0.1) is 10.5 Å². The van der Waals surface area contributed by atoms with Gasteiger partial charge in [-0.2, -0.15) is 0 Å². The van der Waals surface area contributed by atoms with Gasteiger partial charge in [-0.05, 0) is 54.6 Å². The van der Waals surface area contributed by atoms with E-state index in [1.54, 1.807) is 7.11 Å². The Kier molecular flexibility index (Phi) is 5.29. The largest absolute Gasteiger partial charge is 0.383 e. The number of halogens is 2. The molecule has 2 aromatic rings. The predicted octanol–water partition coefficient (Wildman–Crippen LogP) is 3.89. The molecule has 0 spiro atoms. The van der Waals surface area contributed by atoms with Crippen LogP contribution >= 0.6 is 34.2 Å². The zero-order valence-electron chi connectivity index (χ0n) is 11.7. The van der Waals surface area contributed by atoms with Gasteiger partial charge >= 0.3 is 0 Å². The number of hydrogen-bond donors (Lipinski definition) is 1. The number of benzene rings is 1. The van der Waals surface area contributed by atoms with Gasteiger partial charge in [-0.25, -0.2) is 4.98 Å². The quantitative estimate of drug-likeness (QED) is 0.767. The van der Waals surface area contributed by atoms with Gasteiger partial charge in [0.1, 0.15) is 0 Å².